The van der Waals surface area contributed by atoms with Gasteiger partial charge in [0.15, 0.2) is 0 Å². The van der Waals surface area contributed by atoms with Crippen LogP contribution in [0, 0.1) is 0 Å². The molecule has 0 bridgehead atoms. The van der Waals surface area contributed by atoms with Gasteiger partial charge < -0.3 is 15.4 Å². The molecule has 0 aliphatic carbocycles. The summed E-state index contributed by atoms with van der Waals surface area (Å²) in [6, 6.07) is 0.708. The summed E-state index contributed by atoms with van der Waals surface area (Å²) < 4.78 is 5.11. The predicted molar refractivity (Wildman–Crippen MR) is 98.6 cm³/mol. The Labute approximate surface area is 142 Å². The molecule has 0 radical (unpaired) electrons. The highest BCUT2D eigenvalue weighted by atomic mass is 16.5. The first-order chi connectivity index (χ1) is 10.8. The fourth-order valence-corrected chi connectivity index (χ4v) is 2.28. The number of nitrogens with one attached hydrogen (secondary N) is 2. The van der Waals surface area contributed by atoms with Crippen LogP contribution in [-0.2, 0) is 9.53 Å². The Morgan fingerprint density at radius 2 is 1.48 bits per heavy atom. The van der Waals surface area contributed by atoms with Crippen LogP contribution in [0.15, 0.2) is 24.3 Å². The van der Waals surface area contributed by atoms with Crippen molar-refractivity contribution < 1.29 is 9.53 Å². The number of ether oxygens (including phenoxy) is 1. The number of unbranched alkanes of at least 4 members (excludes halogenated alkanes) is 3. The first-order valence-corrected chi connectivity index (χ1v) is 8.76. The monoisotopic (exact) mass is 324 g/mol. The van der Waals surface area contributed by atoms with Crippen molar-refractivity contribution in [1.82, 2.24) is 10.6 Å². The van der Waals surface area contributed by atoms with Gasteiger partial charge in [0.2, 0.25) is 0 Å². The van der Waals surface area contributed by atoms with E-state index in [1.807, 2.05) is 6.92 Å². The molecule has 134 valence electrons. The molecule has 2 N–H and O–H groups in total. The van der Waals surface area contributed by atoms with Crippen LogP contribution in [0.5, 0.6) is 0 Å². The Morgan fingerprint density at radius 1 is 0.957 bits per heavy atom. The summed E-state index contributed by atoms with van der Waals surface area (Å²) in [6.07, 6.45) is 5.89. The van der Waals surface area contributed by atoms with Crippen LogP contribution in [0.2, 0.25) is 0 Å². The Morgan fingerprint density at radius 3 is 1.96 bits per heavy atom. The summed E-state index contributed by atoms with van der Waals surface area (Å²) in [7, 11) is 0. The van der Waals surface area contributed by atoms with Crippen LogP contribution < -0.4 is 10.6 Å². The topological polar surface area (TPSA) is 50.4 Å². The first kappa shape index (κ1) is 21.9. The molecule has 4 nitrogen and oxygen atoms in total. The van der Waals surface area contributed by atoms with Gasteiger partial charge in [-0.25, -0.2) is 4.79 Å². The van der Waals surface area contributed by atoms with Crippen molar-refractivity contribution in [2.45, 2.75) is 71.9 Å². The average molecular weight is 325 g/mol. The third-order valence-electron chi connectivity index (χ3n) is 3.56. The standard InChI is InChI=1S/C19H36N2O2/c1-15(2)13-17(5)20-11-9-7-8-10-12-21-18(6)14-23-19(22)16(3)4/h17-18,20-21H,1,3,7-14H2,2,4-6H3. The van der Waals surface area contributed by atoms with E-state index in [4.69, 9.17) is 4.74 Å². The minimum atomic E-state index is -0.313. The number of hydrogen-bond acceptors (Lipinski definition) is 4. The third kappa shape index (κ3) is 14.2. The lowest BCUT2D eigenvalue weighted by Crippen LogP contribution is -2.32. The number of hydrogen-bond donors (Lipinski definition) is 2. The summed E-state index contributed by atoms with van der Waals surface area (Å²) in [5.41, 5.74) is 1.68. The van der Waals surface area contributed by atoms with Crippen molar-refractivity contribution in [3.05, 3.63) is 24.3 Å². The van der Waals surface area contributed by atoms with Gasteiger partial charge in [-0.05, 0) is 60.0 Å². The van der Waals surface area contributed by atoms with Gasteiger partial charge in [0.05, 0.1) is 0 Å². The second kappa shape index (κ2) is 13.3. The van der Waals surface area contributed by atoms with E-state index in [9.17, 15) is 4.79 Å². The maximum Gasteiger partial charge on any atom is 0.333 e. The van der Waals surface area contributed by atoms with Crippen molar-refractivity contribution >= 4 is 5.97 Å². The lowest BCUT2D eigenvalue weighted by atomic mass is 10.1. The SMILES string of the molecule is C=C(C)CC(C)NCCCCCCNC(C)COC(=O)C(=C)C. The first-order valence-electron chi connectivity index (χ1n) is 8.76. The maximum atomic E-state index is 11.3. The van der Waals surface area contributed by atoms with Gasteiger partial charge in [-0.1, -0.05) is 25.0 Å². The van der Waals surface area contributed by atoms with Crippen LogP contribution >= 0.6 is 0 Å². The molecular formula is C19H36N2O2. The van der Waals surface area contributed by atoms with E-state index in [0.29, 0.717) is 18.2 Å². The lowest BCUT2D eigenvalue weighted by Gasteiger charge is -2.14. The third-order valence-corrected chi connectivity index (χ3v) is 3.56. The van der Waals surface area contributed by atoms with Crippen molar-refractivity contribution in [2.24, 2.45) is 0 Å². The van der Waals surface area contributed by atoms with E-state index in [0.717, 1.165) is 25.9 Å². The van der Waals surface area contributed by atoms with E-state index in [-0.39, 0.29) is 12.0 Å². The van der Waals surface area contributed by atoms with Gasteiger partial charge in [-0.15, -0.1) is 6.58 Å². The molecule has 0 aromatic heterocycles. The van der Waals surface area contributed by atoms with Crippen molar-refractivity contribution in [3.8, 4) is 0 Å². The van der Waals surface area contributed by atoms with Gasteiger partial charge in [0, 0.05) is 17.7 Å². The van der Waals surface area contributed by atoms with Crippen LogP contribution in [-0.4, -0.2) is 37.7 Å². The molecule has 0 aromatic carbocycles. The zero-order valence-corrected chi connectivity index (χ0v) is 15.5. The molecule has 0 heterocycles. The zero-order valence-electron chi connectivity index (χ0n) is 15.5. The van der Waals surface area contributed by atoms with Gasteiger partial charge in [-0.2, -0.15) is 0 Å². The minimum Gasteiger partial charge on any atom is -0.461 e. The molecular weight excluding hydrogens is 288 g/mol. The molecule has 0 amide bonds. The molecule has 2 atom stereocenters. The Balaban J connectivity index is 3.40. The number of esters is 1. The summed E-state index contributed by atoms with van der Waals surface area (Å²) in [4.78, 5) is 11.3. The lowest BCUT2D eigenvalue weighted by molar-refractivity contribution is -0.139. The summed E-state index contributed by atoms with van der Waals surface area (Å²) in [5, 5.41) is 6.90. The van der Waals surface area contributed by atoms with Crippen LogP contribution in [0.3, 0.4) is 0 Å². The highest BCUT2D eigenvalue weighted by Crippen LogP contribution is 2.03. The second-order valence-corrected chi connectivity index (χ2v) is 6.66. The number of carbonyl (C=O) groups excluding carboxylic acids is 1. The molecule has 23 heavy (non-hydrogen) atoms. The molecule has 0 aliphatic rings. The Hall–Kier alpha value is -1.13. The average Bonchev–Trinajstić information content (AvgIpc) is 2.46. The smallest absolute Gasteiger partial charge is 0.333 e. The molecule has 0 saturated carbocycles. The summed E-state index contributed by atoms with van der Waals surface area (Å²) in [6.45, 7) is 17.9. The van der Waals surface area contributed by atoms with E-state index >= 15 is 0 Å². The minimum absolute atomic E-state index is 0.183. The maximum absolute atomic E-state index is 11.3. The molecule has 0 aromatic rings. The quantitative estimate of drug-likeness (QED) is 0.222. The van der Waals surface area contributed by atoms with Gasteiger partial charge in [0.25, 0.3) is 0 Å². The van der Waals surface area contributed by atoms with E-state index in [1.54, 1.807) is 6.92 Å². The summed E-state index contributed by atoms with van der Waals surface area (Å²) >= 11 is 0. The molecule has 0 spiro atoms. The Bertz CT molecular complexity index is 366. The van der Waals surface area contributed by atoms with Gasteiger partial charge >= 0.3 is 5.97 Å². The fraction of sp³-hybridized carbons (Fsp3) is 0.737. The van der Waals surface area contributed by atoms with Crippen molar-refractivity contribution in [1.29, 1.82) is 0 Å². The van der Waals surface area contributed by atoms with Gasteiger partial charge in [0.1, 0.15) is 6.61 Å². The van der Waals surface area contributed by atoms with E-state index in [1.165, 1.54) is 24.8 Å². The predicted octanol–water partition coefficient (Wildman–Crippen LogP) is 3.59. The molecule has 2 unspecified atom stereocenters. The molecule has 4 heteroatoms. The van der Waals surface area contributed by atoms with Crippen molar-refractivity contribution in [3.63, 3.8) is 0 Å². The molecule has 0 rings (SSSR count). The summed E-state index contributed by atoms with van der Waals surface area (Å²) in [5.74, 6) is -0.313. The number of carbonyl (C=O) groups is 1. The fourth-order valence-electron chi connectivity index (χ4n) is 2.28. The largest absolute Gasteiger partial charge is 0.461 e. The van der Waals surface area contributed by atoms with Gasteiger partial charge in [-0.3, -0.25) is 0 Å². The van der Waals surface area contributed by atoms with Crippen LogP contribution in [0.4, 0.5) is 0 Å². The molecule has 0 fully saturated rings. The second-order valence-electron chi connectivity index (χ2n) is 6.66. The van der Waals surface area contributed by atoms with E-state index in [2.05, 4.69) is 37.6 Å². The highest BCUT2D eigenvalue weighted by Gasteiger charge is 2.07. The molecule has 0 aliphatic heterocycles. The molecule has 0 saturated heterocycles. The van der Waals surface area contributed by atoms with Crippen LogP contribution in [0.25, 0.3) is 0 Å². The normalized spacial score (nSPS) is 13.4. The number of rotatable bonds is 14. The zero-order chi connectivity index (χ0) is 17.7. The Kier molecular flexibility index (Phi) is 12.7. The van der Waals surface area contributed by atoms with Crippen molar-refractivity contribution in [2.75, 3.05) is 19.7 Å². The van der Waals surface area contributed by atoms with Crippen LogP contribution in [0.1, 0.15) is 59.8 Å². The highest BCUT2D eigenvalue weighted by molar-refractivity contribution is 5.86. The van der Waals surface area contributed by atoms with E-state index < -0.39 is 0 Å².